The van der Waals surface area contributed by atoms with Gasteiger partial charge in [-0.3, -0.25) is 0 Å². The third kappa shape index (κ3) is 5.19. The van der Waals surface area contributed by atoms with Crippen LogP contribution in [0.1, 0.15) is 31.2 Å². The molecular weight excluding hydrogens is 434 g/mol. The fraction of sp³-hybridized carbons (Fsp3) is 0.417. The van der Waals surface area contributed by atoms with Gasteiger partial charge in [-0.25, -0.2) is 22.5 Å². The van der Waals surface area contributed by atoms with Crippen molar-refractivity contribution in [3.8, 4) is 0 Å². The van der Waals surface area contributed by atoms with Gasteiger partial charge in [-0.15, -0.1) is 0 Å². The van der Waals surface area contributed by atoms with Crippen LogP contribution >= 0.6 is 0 Å². The lowest BCUT2D eigenvalue weighted by Crippen LogP contribution is -2.32. The van der Waals surface area contributed by atoms with Gasteiger partial charge in [0.2, 0.25) is 5.95 Å². The van der Waals surface area contributed by atoms with Gasteiger partial charge in [-0.1, -0.05) is 12.1 Å². The molecule has 176 valence electrons. The quantitative estimate of drug-likeness (QED) is 0.294. The number of nitrogens with zero attached hydrogens (tertiary/aromatic N) is 3. The molecule has 1 fully saturated rings. The van der Waals surface area contributed by atoms with E-state index in [1.807, 2.05) is 43.3 Å². The lowest BCUT2D eigenvalue weighted by atomic mass is 9.86. The minimum Gasteiger partial charge on any atom is -0.362 e. The summed E-state index contributed by atoms with van der Waals surface area (Å²) in [6, 6.07) is 8.85. The van der Waals surface area contributed by atoms with Crippen molar-refractivity contribution in [3.63, 3.8) is 0 Å². The Morgan fingerprint density at radius 2 is 1.67 bits per heavy atom. The molecule has 1 saturated carbocycles. The zero-order chi connectivity index (χ0) is 23.5. The zero-order valence-corrected chi connectivity index (χ0v) is 18.6. The molecule has 0 atom stereocenters. The molecule has 3 aromatic rings. The first-order chi connectivity index (χ1) is 15.8. The molecular formula is C24H27F4N5. The second-order valence-electron chi connectivity index (χ2n) is 8.73. The van der Waals surface area contributed by atoms with Gasteiger partial charge in [0.15, 0.2) is 23.3 Å². The third-order valence-electron chi connectivity index (χ3n) is 6.11. The van der Waals surface area contributed by atoms with Crippen molar-refractivity contribution in [1.82, 2.24) is 15.3 Å². The smallest absolute Gasteiger partial charge is 0.225 e. The standard InChI is InChI=1S/C24H27F4N5/c1-33(2)23-17-5-3-4-6-19(17)31-24(32-23)30-16-9-7-14(8-10-16)12-29-13-15-11-18(25)21(27)22(28)20(15)26/h3-6,11,14,16,29H,7-10,12-13H2,1-2H3,(H,30,31,32)/t14-,16+. The van der Waals surface area contributed by atoms with Crippen LogP contribution in [0.4, 0.5) is 29.3 Å². The summed E-state index contributed by atoms with van der Waals surface area (Å²) in [6.45, 7) is 0.528. The predicted molar refractivity (Wildman–Crippen MR) is 121 cm³/mol. The van der Waals surface area contributed by atoms with Crippen molar-refractivity contribution < 1.29 is 17.6 Å². The Morgan fingerprint density at radius 3 is 2.39 bits per heavy atom. The molecule has 0 amide bonds. The van der Waals surface area contributed by atoms with Crippen molar-refractivity contribution in [2.45, 2.75) is 38.3 Å². The molecule has 0 unspecified atom stereocenters. The Morgan fingerprint density at radius 1 is 0.939 bits per heavy atom. The summed E-state index contributed by atoms with van der Waals surface area (Å²) in [5, 5.41) is 7.50. The van der Waals surface area contributed by atoms with Crippen LogP contribution in [-0.4, -0.2) is 36.6 Å². The topological polar surface area (TPSA) is 53.1 Å². The maximum absolute atomic E-state index is 13.8. The van der Waals surface area contributed by atoms with E-state index in [4.69, 9.17) is 4.98 Å². The Hall–Kier alpha value is -2.94. The van der Waals surface area contributed by atoms with Gasteiger partial charge in [-0.05, 0) is 56.3 Å². The Balaban J connectivity index is 1.30. The molecule has 0 aliphatic heterocycles. The summed E-state index contributed by atoms with van der Waals surface area (Å²) >= 11 is 0. The first-order valence-corrected chi connectivity index (χ1v) is 11.1. The number of halogens is 4. The summed E-state index contributed by atoms with van der Waals surface area (Å²) in [5.41, 5.74) is 0.671. The van der Waals surface area contributed by atoms with Crippen LogP contribution < -0.4 is 15.5 Å². The van der Waals surface area contributed by atoms with E-state index < -0.39 is 23.3 Å². The van der Waals surface area contributed by atoms with Crippen molar-refractivity contribution in [1.29, 1.82) is 0 Å². The van der Waals surface area contributed by atoms with Crippen LogP contribution in [0.5, 0.6) is 0 Å². The number of anilines is 2. The first-order valence-electron chi connectivity index (χ1n) is 11.1. The highest BCUT2D eigenvalue weighted by Crippen LogP contribution is 2.28. The molecule has 1 aliphatic carbocycles. The number of nitrogens with one attached hydrogen (secondary N) is 2. The van der Waals surface area contributed by atoms with Crippen molar-refractivity contribution in [2.24, 2.45) is 5.92 Å². The second-order valence-corrected chi connectivity index (χ2v) is 8.73. The average Bonchev–Trinajstić information content (AvgIpc) is 2.81. The monoisotopic (exact) mass is 461 g/mol. The van der Waals surface area contributed by atoms with Gasteiger partial charge in [0.05, 0.1) is 5.52 Å². The van der Waals surface area contributed by atoms with Crippen molar-refractivity contribution >= 4 is 22.7 Å². The molecule has 2 aromatic carbocycles. The molecule has 9 heteroatoms. The number of benzene rings is 2. The fourth-order valence-corrected chi connectivity index (χ4v) is 4.32. The maximum Gasteiger partial charge on any atom is 0.225 e. The third-order valence-corrected chi connectivity index (χ3v) is 6.11. The molecule has 4 rings (SSSR count). The molecule has 1 aliphatic rings. The van der Waals surface area contributed by atoms with Crippen LogP contribution in [-0.2, 0) is 6.54 Å². The molecule has 0 radical (unpaired) electrons. The van der Waals surface area contributed by atoms with Gasteiger partial charge in [0, 0.05) is 37.6 Å². The van der Waals surface area contributed by atoms with E-state index in [0.29, 0.717) is 24.5 Å². The molecule has 33 heavy (non-hydrogen) atoms. The van der Waals surface area contributed by atoms with Crippen LogP contribution in [0.25, 0.3) is 10.9 Å². The number of hydrogen-bond acceptors (Lipinski definition) is 5. The van der Waals surface area contributed by atoms with Crippen LogP contribution in [0.15, 0.2) is 30.3 Å². The fourth-order valence-electron chi connectivity index (χ4n) is 4.32. The SMILES string of the molecule is CN(C)c1nc(N[C@H]2CC[C@@H](CNCc3cc(F)c(F)c(F)c3F)CC2)nc2ccccc12. The van der Waals surface area contributed by atoms with E-state index in [0.717, 1.165) is 42.4 Å². The van der Waals surface area contributed by atoms with E-state index in [2.05, 4.69) is 15.6 Å². The molecule has 2 N–H and O–H groups in total. The van der Waals surface area contributed by atoms with E-state index in [1.165, 1.54) is 0 Å². The molecule has 0 bridgehead atoms. The number of rotatable bonds is 7. The van der Waals surface area contributed by atoms with E-state index in [1.54, 1.807) is 0 Å². The van der Waals surface area contributed by atoms with Crippen molar-refractivity contribution in [3.05, 3.63) is 59.2 Å². The zero-order valence-electron chi connectivity index (χ0n) is 18.6. The van der Waals surface area contributed by atoms with E-state index >= 15 is 0 Å². The van der Waals surface area contributed by atoms with Crippen molar-refractivity contribution in [2.75, 3.05) is 30.9 Å². The highest BCUT2D eigenvalue weighted by Gasteiger charge is 2.23. The Labute approximate surface area is 190 Å². The van der Waals surface area contributed by atoms with Crippen LogP contribution in [0.3, 0.4) is 0 Å². The maximum atomic E-state index is 13.8. The second kappa shape index (κ2) is 9.91. The average molecular weight is 462 g/mol. The first kappa shape index (κ1) is 23.2. The van der Waals surface area contributed by atoms with Gasteiger partial charge >= 0.3 is 0 Å². The minimum atomic E-state index is -1.78. The van der Waals surface area contributed by atoms with Gasteiger partial charge < -0.3 is 15.5 Å². The Kier molecular flexibility index (Phi) is 6.97. The minimum absolute atomic E-state index is 0.0592. The summed E-state index contributed by atoms with van der Waals surface area (Å²) in [4.78, 5) is 11.3. The summed E-state index contributed by atoms with van der Waals surface area (Å²) in [7, 11) is 3.91. The lowest BCUT2D eigenvalue weighted by Gasteiger charge is -2.29. The number of fused-ring (bicyclic) bond motifs is 1. The molecule has 0 saturated heterocycles. The summed E-state index contributed by atoms with van der Waals surface area (Å²) in [6.07, 6.45) is 3.73. The highest BCUT2D eigenvalue weighted by molar-refractivity contribution is 5.90. The molecule has 0 spiro atoms. The molecule has 1 aromatic heterocycles. The van der Waals surface area contributed by atoms with Crippen LogP contribution in [0.2, 0.25) is 0 Å². The molecule has 5 nitrogen and oxygen atoms in total. The van der Waals surface area contributed by atoms with E-state index in [9.17, 15) is 17.6 Å². The lowest BCUT2D eigenvalue weighted by molar-refractivity contribution is 0.322. The number of para-hydroxylation sites is 1. The van der Waals surface area contributed by atoms with Crippen LogP contribution in [0, 0.1) is 29.2 Å². The largest absolute Gasteiger partial charge is 0.362 e. The Bertz CT molecular complexity index is 1130. The number of hydrogen-bond donors (Lipinski definition) is 2. The number of aromatic nitrogens is 2. The highest BCUT2D eigenvalue weighted by atomic mass is 19.2. The normalized spacial score (nSPS) is 18.5. The summed E-state index contributed by atoms with van der Waals surface area (Å²) < 4.78 is 53.6. The van der Waals surface area contributed by atoms with Gasteiger partial charge in [0.1, 0.15) is 5.82 Å². The van der Waals surface area contributed by atoms with Gasteiger partial charge in [-0.2, -0.15) is 4.98 Å². The molecule has 1 heterocycles. The summed E-state index contributed by atoms with van der Waals surface area (Å²) in [5.74, 6) is -4.46. The van der Waals surface area contributed by atoms with E-state index in [-0.39, 0.29) is 18.2 Å². The van der Waals surface area contributed by atoms with Gasteiger partial charge in [0.25, 0.3) is 0 Å². The predicted octanol–water partition coefficient (Wildman–Crippen LogP) is 5.01.